The summed E-state index contributed by atoms with van der Waals surface area (Å²) in [5.74, 6) is 0.708. The summed E-state index contributed by atoms with van der Waals surface area (Å²) in [7, 11) is -6.02. The summed E-state index contributed by atoms with van der Waals surface area (Å²) in [4.78, 5) is 4.78. The lowest BCUT2D eigenvalue weighted by molar-refractivity contribution is -0.570. The van der Waals surface area contributed by atoms with Gasteiger partial charge in [0.05, 0.1) is 60.9 Å². The molecule has 14 aromatic rings. The van der Waals surface area contributed by atoms with E-state index in [2.05, 4.69) is 66.1 Å². The fourth-order valence-corrected chi connectivity index (χ4v) is 16.6. The van der Waals surface area contributed by atoms with Gasteiger partial charge in [0.1, 0.15) is 17.3 Å². The minimum Gasteiger partial charge on any atom is -0.458 e. The van der Waals surface area contributed by atoms with E-state index in [9.17, 15) is 16.4 Å². The minimum atomic E-state index is -6.02. The smallest absolute Gasteiger partial charge is 0.269 e. The van der Waals surface area contributed by atoms with Gasteiger partial charge >= 0.3 is 0 Å². The molecule has 0 amide bonds. The van der Waals surface area contributed by atoms with Crippen LogP contribution >= 0.6 is 0 Å². The van der Waals surface area contributed by atoms with Gasteiger partial charge in [0.25, 0.3) is 6.33 Å². The predicted molar refractivity (Wildman–Crippen MR) is 402 cm³/mol. The van der Waals surface area contributed by atoms with Crippen molar-refractivity contribution in [3.05, 3.63) is 307 Å². The van der Waals surface area contributed by atoms with Crippen LogP contribution < -0.4 is 30.1 Å². The fourth-order valence-electron chi connectivity index (χ4n) is 12.6. The average molecular weight is 1280 g/mol. The molecule has 95 heavy (non-hydrogen) atoms. The SMILES string of the molecule is [2H]c1c([2H])c([2H])c(-c2cnc(-n3c4ccccc4c4ccc(Oc5cccc(-n6[c-][n+](-c7c(-c8cccc(C(C)(C)C)c8)cc(C(C)(C)C)cc7[Si](c7c([2H])c([2H])c([2H])c([2H])c7[2H])(c7c([2H])c([2H])c([2H])c([2H])c7[2H])c7c([2H])c([2H])c([2H])c([2H])c7[2H])c7ccc(-c8cc(C(C)(C)C)cc(C(C)(C)C)c8)cc76)c5)cc43)cc2C([2H])([2H])[2H])c([2H])c1[2H]. The van der Waals surface area contributed by atoms with E-state index in [0.29, 0.717) is 50.2 Å². The lowest BCUT2D eigenvalue weighted by Gasteiger charge is -2.38. The molecular weight excluding hydrogens is 1170 g/mol. The van der Waals surface area contributed by atoms with Gasteiger partial charge in [0.2, 0.25) is 0 Å². The molecule has 14 rings (SSSR count). The monoisotopic (exact) mass is 1280 g/mol. The number of pyridine rings is 1. The molecule has 11 aromatic carbocycles. The number of para-hydroxylation sites is 1. The highest BCUT2D eigenvalue weighted by molar-refractivity contribution is 7.20. The highest BCUT2D eigenvalue weighted by Crippen LogP contribution is 2.41. The van der Waals surface area contributed by atoms with Crippen molar-refractivity contribution in [2.24, 2.45) is 0 Å². The third-order valence-electron chi connectivity index (χ3n) is 17.8. The Hall–Kier alpha value is -10.1. The summed E-state index contributed by atoms with van der Waals surface area (Å²) < 4.78 is 228. The highest BCUT2D eigenvalue weighted by Gasteiger charge is 2.45. The number of imidazole rings is 1. The topological polar surface area (TPSA) is 35.9 Å². The number of hydrogen-bond donors (Lipinski definition) is 0. The third-order valence-corrected chi connectivity index (χ3v) is 22.0. The van der Waals surface area contributed by atoms with E-state index in [1.54, 1.807) is 50.1 Å². The summed E-state index contributed by atoms with van der Waals surface area (Å²) in [5, 5.41) is -0.622. The van der Waals surface area contributed by atoms with Gasteiger partial charge in [-0.15, -0.1) is 0 Å². The highest BCUT2D eigenvalue weighted by atomic mass is 28.3. The van der Waals surface area contributed by atoms with Crippen molar-refractivity contribution in [3.63, 3.8) is 0 Å². The largest absolute Gasteiger partial charge is 0.458 e. The van der Waals surface area contributed by atoms with Crippen LogP contribution in [0.4, 0.5) is 0 Å². The average Bonchev–Trinajstić information content (AvgIpc) is 0.753. The molecule has 0 saturated heterocycles. The van der Waals surface area contributed by atoms with E-state index in [-0.39, 0.29) is 50.0 Å². The number of aromatic nitrogens is 4. The summed E-state index contributed by atoms with van der Waals surface area (Å²) in [6.07, 6.45) is 4.96. The summed E-state index contributed by atoms with van der Waals surface area (Å²) in [6.45, 7) is 21.8. The van der Waals surface area contributed by atoms with E-state index < -0.39 is 162 Å². The zero-order valence-corrected chi connectivity index (χ0v) is 56.1. The summed E-state index contributed by atoms with van der Waals surface area (Å²) in [6, 6.07) is 28.2. The maximum absolute atomic E-state index is 10.3. The molecule has 0 unspecified atom stereocenters. The first-order valence-electron chi connectivity index (χ1n) is 43.1. The molecule has 0 aliphatic heterocycles. The quantitative estimate of drug-likeness (QED) is 0.0529. The Labute approximate surface area is 595 Å². The van der Waals surface area contributed by atoms with Gasteiger partial charge in [0.15, 0.2) is 8.07 Å². The van der Waals surface area contributed by atoms with Crippen molar-refractivity contribution in [2.45, 2.75) is 112 Å². The second kappa shape index (κ2) is 24.0. The van der Waals surface area contributed by atoms with Crippen molar-refractivity contribution in [1.29, 1.82) is 0 Å². The molecule has 3 aromatic heterocycles. The van der Waals surface area contributed by atoms with Crippen molar-refractivity contribution < 1.29 is 40.8 Å². The molecule has 0 aliphatic carbocycles. The number of hydrogen-bond acceptors (Lipinski definition) is 2. The third kappa shape index (κ3) is 11.6. The molecule has 6 heteroatoms. The second-order valence-electron chi connectivity index (χ2n) is 28.2. The molecule has 3 heterocycles. The Morgan fingerprint density at radius 1 is 0.442 bits per heavy atom. The van der Waals surface area contributed by atoms with E-state index in [1.807, 2.05) is 126 Å². The van der Waals surface area contributed by atoms with Crippen molar-refractivity contribution in [2.75, 3.05) is 0 Å². The van der Waals surface area contributed by atoms with Crippen LogP contribution in [-0.4, -0.2) is 22.2 Å². The zero-order valence-electron chi connectivity index (χ0n) is 78.1. The number of aryl methyl sites for hydroxylation is 1. The van der Waals surface area contributed by atoms with Crippen LogP contribution in [0.25, 0.3) is 83.4 Å². The molecule has 0 bridgehead atoms. The van der Waals surface area contributed by atoms with E-state index in [0.717, 1.165) is 38.6 Å². The molecule has 0 aliphatic rings. The van der Waals surface area contributed by atoms with Crippen LogP contribution in [-0.2, 0) is 21.7 Å². The maximum atomic E-state index is 10.3. The molecule has 5 nitrogen and oxygen atoms in total. The van der Waals surface area contributed by atoms with Crippen molar-refractivity contribution in [1.82, 2.24) is 14.1 Å². The van der Waals surface area contributed by atoms with Crippen molar-refractivity contribution >= 4 is 61.7 Å². The number of benzene rings is 11. The Bertz CT molecular complexity index is 6280. The second-order valence-corrected chi connectivity index (χ2v) is 31.8. The van der Waals surface area contributed by atoms with Gasteiger partial charge in [-0.3, -0.25) is 13.7 Å². The standard InChI is InChI=1S/C89H84N4OSi/c1-60-48-84(90-58-78(60)61-30-18-14-19-31-61)93-79-43-27-26-42-75(79)76-46-45-71(57-81(76)93)94-70-35-29-34-69(56-70)91-59-92(80-47-44-62(52-82(80)91)64-50-66(87(5,6)7)53-67(51-64)88(8,9)10)85-77(63-32-28-33-65(49-63)86(2,3)4)54-68(89(11,12)13)55-83(85)95(72-36-20-15-21-37-72,73-38-22-16-23-39-73)74-40-24-17-25-41-74/h14-58H,1-13H3/i1D3,14D,15D,16D,17D,18D,19D,20D,21D,22D,23D,24D,25D,30D,31D,36D,37D,38D,39D,40D,41D. The van der Waals surface area contributed by atoms with E-state index >= 15 is 0 Å². The van der Waals surface area contributed by atoms with E-state index in [1.165, 1.54) is 12.3 Å². The normalized spacial score (nSPS) is 16.0. The van der Waals surface area contributed by atoms with Gasteiger partial charge in [-0.2, -0.15) is 0 Å². The van der Waals surface area contributed by atoms with Crippen LogP contribution in [0.15, 0.2) is 273 Å². The first kappa shape index (κ1) is 40.9. The molecule has 0 fully saturated rings. The Morgan fingerprint density at radius 2 is 1.01 bits per heavy atom. The van der Waals surface area contributed by atoms with Gasteiger partial charge in [0, 0.05) is 32.7 Å². The predicted octanol–water partition coefficient (Wildman–Crippen LogP) is 19.9. The van der Waals surface area contributed by atoms with Gasteiger partial charge in [-0.25, -0.2) is 4.98 Å². The first-order chi connectivity index (χ1) is 55.0. The minimum absolute atomic E-state index is 0.0673. The fraction of sp³-hybridized carbons (Fsp3) is 0.191. The molecule has 0 N–H and O–H groups in total. The van der Waals surface area contributed by atoms with E-state index in [4.69, 9.17) is 24.8 Å². The van der Waals surface area contributed by atoms with Gasteiger partial charge in [-0.1, -0.05) is 295 Å². The van der Waals surface area contributed by atoms with Crippen LogP contribution in [0, 0.1) is 13.2 Å². The maximum Gasteiger partial charge on any atom is 0.269 e. The first-order valence-corrected chi connectivity index (χ1v) is 33.6. The number of fused-ring (bicyclic) bond motifs is 4. The van der Waals surface area contributed by atoms with Crippen LogP contribution in [0.1, 0.15) is 142 Å². The van der Waals surface area contributed by atoms with Gasteiger partial charge < -0.3 is 4.74 Å². The van der Waals surface area contributed by atoms with Crippen LogP contribution in [0.5, 0.6) is 11.5 Å². The summed E-state index contributed by atoms with van der Waals surface area (Å²) in [5.41, 5.74) is 5.43. The number of ether oxygens (including phenoxy) is 1. The Balaban J connectivity index is 1.12. The molecular formula is C89H84N4OSi. The molecule has 0 saturated carbocycles. The van der Waals surface area contributed by atoms with Crippen LogP contribution in [0.2, 0.25) is 0 Å². The molecule has 0 atom stereocenters. The number of nitrogens with zero attached hydrogens (tertiary/aromatic N) is 4. The van der Waals surface area contributed by atoms with Crippen molar-refractivity contribution in [3.8, 4) is 62.1 Å². The van der Waals surface area contributed by atoms with Gasteiger partial charge in [-0.05, 0) is 153 Å². The Morgan fingerprint density at radius 3 is 1.63 bits per heavy atom. The molecule has 0 radical (unpaired) electrons. The summed E-state index contributed by atoms with van der Waals surface area (Å²) >= 11 is 0. The zero-order chi connectivity index (χ0) is 86.1. The number of rotatable bonds is 12. The molecule has 0 spiro atoms. The lowest BCUT2D eigenvalue weighted by atomic mass is 9.79. The lowest BCUT2D eigenvalue weighted by Crippen LogP contribution is -2.76. The van der Waals surface area contributed by atoms with Crippen LogP contribution in [0.3, 0.4) is 0 Å². The Kier molecular flexibility index (Phi) is 10.3. The molecule has 470 valence electrons.